The molecule has 0 unspecified atom stereocenters. The number of benzene rings is 1. The van der Waals surface area contributed by atoms with Gasteiger partial charge in [0.15, 0.2) is 0 Å². The average molecular weight is 299 g/mol. The molecule has 0 radical (unpaired) electrons. The van der Waals surface area contributed by atoms with Gasteiger partial charge in [-0.2, -0.15) is 0 Å². The summed E-state index contributed by atoms with van der Waals surface area (Å²) in [6.45, 7) is 7.95. The standard InChI is InChI=1S/C15H25NO3S/c1-6-7-12(4)16-20(17,18)13-8-9-15(19-5)14(10-13)11(2)3/h8-12,16H,6-7H2,1-5H3/t12-/m0/s1. The Kier molecular flexibility index (Phi) is 6.02. The van der Waals surface area contributed by atoms with Gasteiger partial charge in [-0.05, 0) is 43.0 Å². The van der Waals surface area contributed by atoms with Gasteiger partial charge in [0, 0.05) is 6.04 Å². The van der Waals surface area contributed by atoms with E-state index in [1.54, 1.807) is 25.3 Å². The Labute approximate surface area is 122 Å². The van der Waals surface area contributed by atoms with Crippen molar-refractivity contribution in [3.8, 4) is 5.75 Å². The molecule has 1 N–H and O–H groups in total. The molecule has 0 aromatic heterocycles. The summed E-state index contributed by atoms with van der Waals surface area (Å²) in [4.78, 5) is 0.296. The van der Waals surface area contributed by atoms with Gasteiger partial charge in [-0.15, -0.1) is 0 Å². The highest BCUT2D eigenvalue weighted by atomic mass is 32.2. The zero-order valence-electron chi connectivity index (χ0n) is 12.9. The molecule has 0 fully saturated rings. The van der Waals surface area contributed by atoms with Crippen LogP contribution in [0.1, 0.15) is 52.0 Å². The smallest absolute Gasteiger partial charge is 0.240 e. The van der Waals surface area contributed by atoms with Gasteiger partial charge in [-0.1, -0.05) is 27.2 Å². The third-order valence-corrected chi connectivity index (χ3v) is 4.80. The minimum absolute atomic E-state index is 0.0606. The molecule has 1 aromatic rings. The molecule has 0 saturated heterocycles. The highest BCUT2D eigenvalue weighted by Crippen LogP contribution is 2.28. The highest BCUT2D eigenvalue weighted by molar-refractivity contribution is 7.89. The van der Waals surface area contributed by atoms with Crippen molar-refractivity contribution in [2.75, 3.05) is 7.11 Å². The van der Waals surface area contributed by atoms with Gasteiger partial charge in [-0.3, -0.25) is 0 Å². The van der Waals surface area contributed by atoms with Crippen molar-refractivity contribution in [1.29, 1.82) is 0 Å². The molecule has 0 aliphatic heterocycles. The maximum atomic E-state index is 12.3. The lowest BCUT2D eigenvalue weighted by Crippen LogP contribution is -2.32. The lowest BCUT2D eigenvalue weighted by Gasteiger charge is -2.16. The molecule has 0 aliphatic rings. The summed E-state index contributed by atoms with van der Waals surface area (Å²) in [5.41, 5.74) is 0.901. The molecule has 114 valence electrons. The Bertz CT molecular complexity index is 538. The second-order valence-corrected chi connectivity index (χ2v) is 7.08. The van der Waals surface area contributed by atoms with Crippen LogP contribution in [0, 0.1) is 0 Å². The monoisotopic (exact) mass is 299 g/mol. The molecule has 1 rings (SSSR count). The minimum atomic E-state index is -3.47. The van der Waals surface area contributed by atoms with E-state index in [9.17, 15) is 8.42 Å². The highest BCUT2D eigenvalue weighted by Gasteiger charge is 2.19. The van der Waals surface area contributed by atoms with Gasteiger partial charge in [0.1, 0.15) is 5.75 Å². The maximum Gasteiger partial charge on any atom is 0.240 e. The Morgan fingerprint density at radius 2 is 1.90 bits per heavy atom. The Balaban J connectivity index is 3.10. The second-order valence-electron chi connectivity index (χ2n) is 5.37. The van der Waals surface area contributed by atoms with E-state index in [4.69, 9.17) is 4.74 Å². The fourth-order valence-electron chi connectivity index (χ4n) is 2.16. The summed E-state index contributed by atoms with van der Waals surface area (Å²) < 4.78 is 32.7. The third kappa shape index (κ3) is 4.21. The van der Waals surface area contributed by atoms with E-state index in [0.717, 1.165) is 24.2 Å². The summed E-state index contributed by atoms with van der Waals surface area (Å²) in [6, 6.07) is 4.94. The van der Waals surface area contributed by atoms with Crippen molar-refractivity contribution >= 4 is 10.0 Å². The quantitative estimate of drug-likeness (QED) is 0.840. The number of nitrogens with one attached hydrogen (secondary N) is 1. The first kappa shape index (κ1) is 17.0. The summed E-state index contributed by atoms with van der Waals surface area (Å²) in [5.74, 6) is 0.925. The van der Waals surface area contributed by atoms with E-state index >= 15 is 0 Å². The molecule has 0 amide bonds. The number of rotatable bonds is 7. The lowest BCUT2D eigenvalue weighted by molar-refractivity contribution is 0.407. The van der Waals surface area contributed by atoms with Crippen LogP contribution < -0.4 is 9.46 Å². The van der Waals surface area contributed by atoms with Crippen LogP contribution in [-0.2, 0) is 10.0 Å². The lowest BCUT2D eigenvalue weighted by atomic mass is 10.0. The summed E-state index contributed by atoms with van der Waals surface area (Å²) in [6.07, 6.45) is 1.77. The van der Waals surface area contributed by atoms with Gasteiger partial charge in [0.05, 0.1) is 12.0 Å². The molecule has 0 aliphatic carbocycles. The molecule has 5 heteroatoms. The van der Waals surface area contributed by atoms with E-state index in [1.165, 1.54) is 0 Å². The van der Waals surface area contributed by atoms with Crippen molar-refractivity contribution in [3.63, 3.8) is 0 Å². The first-order valence-electron chi connectivity index (χ1n) is 7.02. The van der Waals surface area contributed by atoms with Gasteiger partial charge >= 0.3 is 0 Å². The van der Waals surface area contributed by atoms with E-state index < -0.39 is 10.0 Å². The molecule has 0 spiro atoms. The maximum absolute atomic E-state index is 12.3. The first-order chi connectivity index (χ1) is 9.31. The number of methoxy groups -OCH3 is 1. The van der Waals surface area contributed by atoms with Crippen LogP contribution in [0.5, 0.6) is 5.75 Å². The van der Waals surface area contributed by atoms with Gasteiger partial charge < -0.3 is 4.74 Å². The predicted molar refractivity (Wildman–Crippen MR) is 81.8 cm³/mol. The van der Waals surface area contributed by atoms with Crippen molar-refractivity contribution in [2.24, 2.45) is 0 Å². The van der Waals surface area contributed by atoms with Crippen LogP contribution in [-0.4, -0.2) is 21.6 Å². The van der Waals surface area contributed by atoms with Crippen LogP contribution in [0.3, 0.4) is 0 Å². The van der Waals surface area contributed by atoms with Crippen molar-refractivity contribution in [3.05, 3.63) is 23.8 Å². The SMILES string of the molecule is CCC[C@H](C)NS(=O)(=O)c1ccc(OC)c(C(C)C)c1. The van der Waals surface area contributed by atoms with Crippen molar-refractivity contribution in [1.82, 2.24) is 4.72 Å². The molecule has 4 nitrogen and oxygen atoms in total. The van der Waals surface area contributed by atoms with E-state index in [-0.39, 0.29) is 12.0 Å². The number of sulfonamides is 1. The summed E-state index contributed by atoms with van der Waals surface area (Å²) in [7, 11) is -1.87. The van der Waals surface area contributed by atoms with Crippen molar-refractivity contribution < 1.29 is 13.2 Å². The molecule has 0 heterocycles. The van der Waals surface area contributed by atoms with E-state index in [2.05, 4.69) is 4.72 Å². The summed E-state index contributed by atoms with van der Waals surface area (Å²) in [5, 5.41) is 0. The normalized spacial score (nSPS) is 13.5. The molecular weight excluding hydrogens is 274 g/mol. The zero-order valence-corrected chi connectivity index (χ0v) is 13.8. The number of ether oxygens (including phenoxy) is 1. The molecule has 0 saturated carbocycles. The van der Waals surface area contributed by atoms with Gasteiger partial charge in [-0.25, -0.2) is 13.1 Å². The largest absolute Gasteiger partial charge is 0.496 e. The summed E-state index contributed by atoms with van der Waals surface area (Å²) >= 11 is 0. The number of hydrogen-bond donors (Lipinski definition) is 1. The van der Waals surface area contributed by atoms with E-state index in [1.807, 2.05) is 27.7 Å². The fourth-order valence-corrected chi connectivity index (χ4v) is 3.47. The predicted octanol–water partition coefficient (Wildman–Crippen LogP) is 3.29. The number of hydrogen-bond acceptors (Lipinski definition) is 3. The third-order valence-electron chi connectivity index (χ3n) is 3.21. The van der Waals surface area contributed by atoms with Crippen LogP contribution >= 0.6 is 0 Å². The molecule has 20 heavy (non-hydrogen) atoms. The van der Waals surface area contributed by atoms with Crippen LogP contribution in [0.25, 0.3) is 0 Å². The van der Waals surface area contributed by atoms with Crippen molar-refractivity contribution in [2.45, 2.75) is 57.4 Å². The molecule has 1 atom stereocenters. The Morgan fingerprint density at radius 1 is 1.25 bits per heavy atom. The van der Waals surface area contributed by atoms with Crippen LogP contribution in [0.2, 0.25) is 0 Å². The molecular formula is C15H25NO3S. The Hall–Kier alpha value is -1.07. The van der Waals surface area contributed by atoms with Gasteiger partial charge in [0.25, 0.3) is 0 Å². The van der Waals surface area contributed by atoms with Gasteiger partial charge in [0.2, 0.25) is 10.0 Å². The molecule has 1 aromatic carbocycles. The Morgan fingerprint density at radius 3 is 2.40 bits per heavy atom. The first-order valence-corrected chi connectivity index (χ1v) is 8.50. The topological polar surface area (TPSA) is 55.4 Å². The average Bonchev–Trinajstić information content (AvgIpc) is 2.37. The minimum Gasteiger partial charge on any atom is -0.496 e. The zero-order chi connectivity index (χ0) is 15.3. The van der Waals surface area contributed by atoms with Crippen LogP contribution in [0.4, 0.5) is 0 Å². The fraction of sp³-hybridized carbons (Fsp3) is 0.600. The second kappa shape index (κ2) is 7.09. The van der Waals surface area contributed by atoms with Crippen LogP contribution in [0.15, 0.2) is 23.1 Å². The van der Waals surface area contributed by atoms with E-state index in [0.29, 0.717) is 4.90 Å². The molecule has 0 bridgehead atoms.